The van der Waals surface area contributed by atoms with Crippen molar-refractivity contribution in [2.75, 3.05) is 26.7 Å². The second-order valence-electron chi connectivity index (χ2n) is 10.5. The summed E-state index contributed by atoms with van der Waals surface area (Å²) in [6.07, 6.45) is 12.2. The van der Waals surface area contributed by atoms with Gasteiger partial charge < -0.3 is 9.15 Å². The zero-order valence-electron chi connectivity index (χ0n) is 25.8. The highest BCUT2D eigenvalue weighted by atomic mass is 35.5. The lowest BCUT2D eigenvalue weighted by Gasteiger charge is -2.19. The average molecular weight is 597 g/mol. The Labute approximate surface area is 260 Å². The van der Waals surface area contributed by atoms with Crippen LogP contribution in [0.15, 0.2) is 95.0 Å². The summed E-state index contributed by atoms with van der Waals surface area (Å²) in [7, 11) is 1.34. The first-order chi connectivity index (χ1) is 20.9. The van der Waals surface area contributed by atoms with Gasteiger partial charge in [0.05, 0.1) is 17.7 Å². The number of likely N-dealkylation sites (N-methyl/N-ethyl adjacent to an activating group) is 1. The van der Waals surface area contributed by atoms with Crippen LogP contribution in [0.5, 0.6) is 0 Å². The van der Waals surface area contributed by atoms with E-state index in [9.17, 15) is 4.79 Å². The van der Waals surface area contributed by atoms with Crippen LogP contribution in [0.2, 0.25) is 5.02 Å². The van der Waals surface area contributed by atoms with Crippen LogP contribution in [-0.4, -0.2) is 42.6 Å². The van der Waals surface area contributed by atoms with Crippen molar-refractivity contribution >= 4 is 34.2 Å². The highest BCUT2D eigenvalue weighted by molar-refractivity contribution is 6.33. The highest BCUT2D eigenvalue weighted by Crippen LogP contribution is 2.30. The van der Waals surface area contributed by atoms with E-state index in [-0.39, 0.29) is 0 Å². The van der Waals surface area contributed by atoms with Crippen LogP contribution in [-0.2, 0) is 4.74 Å². The lowest BCUT2D eigenvalue weighted by molar-refractivity contribution is 0.0601. The van der Waals surface area contributed by atoms with Crippen molar-refractivity contribution in [2.24, 2.45) is 0 Å². The van der Waals surface area contributed by atoms with E-state index in [4.69, 9.17) is 25.7 Å². The van der Waals surface area contributed by atoms with Crippen molar-refractivity contribution in [3.05, 3.63) is 107 Å². The number of aromatic nitrogens is 1. The van der Waals surface area contributed by atoms with E-state index in [1.54, 1.807) is 12.1 Å². The minimum absolute atomic E-state index is 0.345. The van der Waals surface area contributed by atoms with Crippen LogP contribution >= 0.6 is 11.6 Å². The smallest absolute Gasteiger partial charge is 0.339 e. The first kappa shape index (κ1) is 32.0. The van der Waals surface area contributed by atoms with E-state index in [1.165, 1.54) is 18.3 Å². The van der Waals surface area contributed by atoms with E-state index in [0.717, 1.165) is 72.3 Å². The Morgan fingerprint density at radius 2 is 1.74 bits per heavy atom. The normalized spacial score (nSPS) is 12.5. The molecule has 0 aliphatic heterocycles. The zero-order chi connectivity index (χ0) is 30.8. The Morgan fingerprint density at radius 1 is 1.00 bits per heavy atom. The number of esters is 1. The summed E-state index contributed by atoms with van der Waals surface area (Å²) in [4.78, 5) is 19.1. The molecule has 0 saturated carbocycles. The summed E-state index contributed by atoms with van der Waals surface area (Å²) in [6.45, 7) is 11.8. The number of carbonyl (C=O) groups excluding carboxylic acids is 1. The summed E-state index contributed by atoms with van der Waals surface area (Å²) in [6, 6.07) is 19.4. The molecule has 0 radical (unpaired) electrons. The second-order valence-corrected chi connectivity index (χ2v) is 10.9. The molecule has 0 spiro atoms. The molecular formula is C37H41ClN2O3. The van der Waals surface area contributed by atoms with Crippen LogP contribution in [0, 0.1) is 0 Å². The molecule has 0 unspecified atom stereocenters. The molecular weight excluding hydrogens is 556 g/mol. The number of fused-ring (bicyclic) bond motifs is 1. The van der Waals surface area contributed by atoms with Gasteiger partial charge in [0.1, 0.15) is 5.52 Å². The molecule has 0 saturated heterocycles. The van der Waals surface area contributed by atoms with Gasteiger partial charge in [-0.2, -0.15) is 0 Å². The van der Waals surface area contributed by atoms with E-state index in [0.29, 0.717) is 16.5 Å². The van der Waals surface area contributed by atoms with Gasteiger partial charge in [-0.1, -0.05) is 86.5 Å². The van der Waals surface area contributed by atoms with E-state index in [1.807, 2.05) is 36.4 Å². The minimum atomic E-state index is -0.454. The lowest BCUT2D eigenvalue weighted by atomic mass is 10.0. The predicted octanol–water partition coefficient (Wildman–Crippen LogP) is 10.0. The average Bonchev–Trinajstić information content (AvgIpc) is 3.47. The Morgan fingerprint density at radius 3 is 2.42 bits per heavy atom. The number of carbonyl (C=O) groups is 1. The molecule has 0 aliphatic rings. The van der Waals surface area contributed by atoms with Gasteiger partial charge in [-0.05, 0) is 91.4 Å². The van der Waals surface area contributed by atoms with Gasteiger partial charge >= 0.3 is 5.97 Å². The number of hydrogen-bond donors (Lipinski definition) is 0. The molecule has 5 nitrogen and oxygen atoms in total. The molecule has 1 aromatic heterocycles. The van der Waals surface area contributed by atoms with Gasteiger partial charge in [-0.15, -0.1) is 0 Å². The van der Waals surface area contributed by atoms with Crippen molar-refractivity contribution in [3.8, 4) is 22.6 Å². The topological polar surface area (TPSA) is 55.6 Å². The summed E-state index contributed by atoms with van der Waals surface area (Å²) < 4.78 is 10.9. The van der Waals surface area contributed by atoms with Crippen molar-refractivity contribution in [3.63, 3.8) is 0 Å². The third kappa shape index (κ3) is 8.34. The number of methoxy groups -OCH3 is 1. The van der Waals surface area contributed by atoms with Gasteiger partial charge in [0.2, 0.25) is 5.89 Å². The Balaban J connectivity index is 1.44. The number of allylic oxidation sites excluding steroid dienone is 4. The predicted molar refractivity (Wildman–Crippen MR) is 179 cm³/mol. The molecule has 4 aromatic rings. The van der Waals surface area contributed by atoms with Crippen molar-refractivity contribution in [1.82, 2.24) is 9.88 Å². The molecule has 43 heavy (non-hydrogen) atoms. The number of halogens is 1. The maximum atomic E-state index is 11.8. The largest absolute Gasteiger partial charge is 0.465 e. The van der Waals surface area contributed by atoms with Gasteiger partial charge in [-0.25, -0.2) is 9.78 Å². The summed E-state index contributed by atoms with van der Waals surface area (Å²) in [5, 5.41) is 0.355. The molecule has 0 N–H and O–H groups in total. The van der Waals surface area contributed by atoms with Crippen LogP contribution in [0.25, 0.3) is 39.3 Å². The van der Waals surface area contributed by atoms with Gasteiger partial charge in [0.25, 0.3) is 0 Å². The lowest BCUT2D eigenvalue weighted by Crippen LogP contribution is -2.25. The molecule has 4 rings (SSSR count). The first-order valence-electron chi connectivity index (χ1n) is 15.0. The third-order valence-electron chi connectivity index (χ3n) is 7.69. The fourth-order valence-electron chi connectivity index (χ4n) is 4.85. The zero-order valence-corrected chi connectivity index (χ0v) is 26.6. The quantitative estimate of drug-likeness (QED) is 0.113. The highest BCUT2D eigenvalue weighted by Gasteiger charge is 2.13. The van der Waals surface area contributed by atoms with Crippen molar-refractivity contribution < 1.29 is 13.9 Å². The van der Waals surface area contributed by atoms with E-state index >= 15 is 0 Å². The molecule has 0 fully saturated rings. The number of oxazole rings is 1. The minimum Gasteiger partial charge on any atom is -0.465 e. The van der Waals surface area contributed by atoms with Crippen molar-refractivity contribution in [1.29, 1.82) is 0 Å². The molecule has 0 atom stereocenters. The fourth-order valence-corrected chi connectivity index (χ4v) is 5.11. The molecule has 0 bridgehead atoms. The summed E-state index contributed by atoms with van der Waals surface area (Å²) >= 11 is 6.32. The number of rotatable bonds is 13. The third-order valence-corrected chi connectivity index (χ3v) is 8.01. The number of benzene rings is 3. The van der Waals surface area contributed by atoms with Gasteiger partial charge in [-0.3, -0.25) is 4.90 Å². The molecule has 0 amide bonds. The Bertz CT molecular complexity index is 1630. The Kier molecular flexibility index (Phi) is 11.5. The second kappa shape index (κ2) is 15.5. The van der Waals surface area contributed by atoms with Crippen LogP contribution in [0.4, 0.5) is 0 Å². The molecule has 6 heteroatoms. The SMILES string of the molecule is CC/C=C\C=C(/CC)CCN(CC)C/C=C(\C)c1ccc2oc(-c3ccc(-c4ccc(C(=O)OC)c(Cl)c4)cc3)nc2c1. The number of nitrogens with zero attached hydrogens (tertiary/aromatic N) is 2. The van der Waals surface area contributed by atoms with Crippen LogP contribution < -0.4 is 0 Å². The van der Waals surface area contributed by atoms with Crippen molar-refractivity contribution in [2.45, 2.75) is 47.0 Å². The number of ether oxygens (including phenoxy) is 1. The standard InChI is InChI=1S/C37H41ClN2O3/c1-6-9-10-11-27(7-2)21-23-40(8-3)22-20-26(4)30-17-19-35-34(25-30)39-36(43-35)29-14-12-28(13-15-29)31-16-18-32(33(38)24-31)37(41)42-5/h9-20,24-25H,6-8,21-23H2,1-5H3/b10-9-,26-20+,27-11+. The molecule has 3 aromatic carbocycles. The van der Waals surface area contributed by atoms with Crippen LogP contribution in [0.1, 0.15) is 62.9 Å². The molecule has 1 heterocycles. The number of hydrogen-bond acceptors (Lipinski definition) is 5. The fraction of sp³-hybridized carbons (Fsp3) is 0.297. The van der Waals surface area contributed by atoms with E-state index in [2.05, 4.69) is 69.0 Å². The molecule has 224 valence electrons. The Hall–Kier alpha value is -3.93. The maximum absolute atomic E-state index is 11.8. The first-order valence-corrected chi connectivity index (χ1v) is 15.4. The van der Waals surface area contributed by atoms with E-state index < -0.39 is 5.97 Å². The maximum Gasteiger partial charge on any atom is 0.339 e. The summed E-state index contributed by atoms with van der Waals surface area (Å²) in [5.41, 5.74) is 8.55. The summed E-state index contributed by atoms with van der Waals surface area (Å²) in [5.74, 6) is 0.120. The van der Waals surface area contributed by atoms with Crippen LogP contribution in [0.3, 0.4) is 0 Å². The molecule has 0 aliphatic carbocycles. The van der Waals surface area contributed by atoms with Gasteiger partial charge in [0.15, 0.2) is 5.58 Å². The van der Waals surface area contributed by atoms with Gasteiger partial charge in [0, 0.05) is 18.7 Å². The monoisotopic (exact) mass is 596 g/mol.